The van der Waals surface area contributed by atoms with Crippen molar-refractivity contribution in [1.29, 1.82) is 0 Å². The van der Waals surface area contributed by atoms with E-state index in [2.05, 4.69) is 0 Å². The Bertz CT molecular complexity index is 207. The van der Waals surface area contributed by atoms with Crippen LogP contribution in [-0.2, 0) is 8.85 Å². The van der Waals surface area contributed by atoms with Gasteiger partial charge in [0.25, 0.3) is 0 Å². The highest BCUT2D eigenvalue weighted by Gasteiger charge is 2.24. The van der Waals surface area contributed by atoms with Gasteiger partial charge in [-0.05, 0) is 39.5 Å². The molecule has 0 radical (unpaired) electrons. The molecule has 0 atom stereocenters. The largest absolute Gasteiger partial charge is 0.396 e. The zero-order chi connectivity index (χ0) is 15.5. The van der Waals surface area contributed by atoms with Crippen LogP contribution in [-0.4, -0.2) is 22.2 Å². The Labute approximate surface area is 135 Å². The van der Waals surface area contributed by atoms with Crippen molar-refractivity contribution in [3.8, 4) is 0 Å². The molecule has 2 rings (SSSR count). The topological polar surface area (TPSA) is 18.5 Å². The highest BCUT2D eigenvalue weighted by atomic mass is 28.3. The van der Waals surface area contributed by atoms with Crippen molar-refractivity contribution in [3.05, 3.63) is 0 Å². The summed E-state index contributed by atoms with van der Waals surface area (Å²) in [5.74, 6) is 2.28. The van der Waals surface area contributed by atoms with Gasteiger partial charge in [-0.3, -0.25) is 0 Å². The maximum atomic E-state index is 5.27. The van der Waals surface area contributed by atoms with E-state index in [1.807, 2.05) is 27.7 Å². The first kappa shape index (κ1) is 19.2. The van der Waals surface area contributed by atoms with Crippen molar-refractivity contribution >= 4 is 10.0 Å². The predicted octanol–water partition coefficient (Wildman–Crippen LogP) is 4.98. The van der Waals surface area contributed by atoms with E-state index in [9.17, 15) is 0 Å². The van der Waals surface area contributed by atoms with Crippen molar-refractivity contribution in [2.24, 2.45) is 11.8 Å². The van der Waals surface area contributed by atoms with E-state index >= 15 is 0 Å². The minimum absolute atomic E-state index is 0.329. The van der Waals surface area contributed by atoms with Gasteiger partial charge in [-0.1, -0.05) is 64.2 Å². The Kier molecular flexibility index (Phi) is 10.7. The molecule has 2 aliphatic rings. The lowest BCUT2D eigenvalue weighted by Crippen LogP contribution is -2.20. The van der Waals surface area contributed by atoms with Gasteiger partial charge in [-0.2, -0.15) is 0 Å². The SMILES string of the molecule is C1CCC(C2CCCCC2)CC1.CC(C)O[SiH2]OC(C)C. The van der Waals surface area contributed by atoms with Crippen molar-refractivity contribution in [2.45, 2.75) is 104 Å². The number of hydrogen-bond donors (Lipinski definition) is 0. The molecule has 0 saturated heterocycles. The van der Waals surface area contributed by atoms with Crippen LogP contribution >= 0.6 is 0 Å². The quantitative estimate of drug-likeness (QED) is 0.666. The van der Waals surface area contributed by atoms with E-state index in [1.54, 1.807) is 25.7 Å². The number of rotatable bonds is 5. The lowest BCUT2D eigenvalue weighted by molar-refractivity contribution is 0.152. The first-order chi connectivity index (χ1) is 10.1. The molecular formula is C18H38O2Si. The van der Waals surface area contributed by atoms with Crippen LogP contribution in [0.4, 0.5) is 0 Å². The molecule has 0 unspecified atom stereocenters. The molecule has 3 heteroatoms. The summed E-state index contributed by atoms with van der Waals surface area (Å²) in [5.41, 5.74) is 0. The van der Waals surface area contributed by atoms with E-state index in [-0.39, 0.29) is 0 Å². The molecule has 0 N–H and O–H groups in total. The molecular weight excluding hydrogens is 276 g/mol. The van der Waals surface area contributed by atoms with Gasteiger partial charge in [0.1, 0.15) is 0 Å². The molecule has 0 aromatic rings. The minimum Gasteiger partial charge on any atom is -0.396 e. The predicted molar refractivity (Wildman–Crippen MR) is 94.1 cm³/mol. The summed E-state index contributed by atoms with van der Waals surface area (Å²) in [4.78, 5) is 0. The molecule has 2 fully saturated rings. The van der Waals surface area contributed by atoms with Crippen molar-refractivity contribution < 1.29 is 8.85 Å². The average Bonchev–Trinajstić information content (AvgIpc) is 2.49. The Balaban J connectivity index is 0.000000222. The van der Waals surface area contributed by atoms with E-state index in [1.165, 1.54) is 38.5 Å². The molecule has 0 aromatic carbocycles. The molecule has 21 heavy (non-hydrogen) atoms. The zero-order valence-corrected chi connectivity index (χ0v) is 16.3. The maximum Gasteiger partial charge on any atom is 0.304 e. The molecule has 2 nitrogen and oxygen atoms in total. The van der Waals surface area contributed by atoms with Crippen LogP contribution in [0.15, 0.2) is 0 Å². The summed E-state index contributed by atoms with van der Waals surface area (Å²) < 4.78 is 10.5. The first-order valence-electron chi connectivity index (χ1n) is 9.32. The van der Waals surface area contributed by atoms with Crippen molar-refractivity contribution in [2.75, 3.05) is 0 Å². The summed E-state index contributed by atoms with van der Waals surface area (Å²) in [7, 11) is -0.684. The molecule has 0 heterocycles. The van der Waals surface area contributed by atoms with E-state index in [4.69, 9.17) is 8.85 Å². The maximum absolute atomic E-state index is 5.27. The Morgan fingerprint density at radius 1 is 0.619 bits per heavy atom. The third kappa shape index (κ3) is 9.70. The zero-order valence-electron chi connectivity index (χ0n) is 14.9. The highest BCUT2D eigenvalue weighted by Crippen LogP contribution is 2.37. The van der Waals surface area contributed by atoms with Crippen LogP contribution in [0.3, 0.4) is 0 Å². The lowest BCUT2D eigenvalue weighted by Gasteiger charge is -2.32. The minimum atomic E-state index is -0.684. The molecule has 126 valence electrons. The summed E-state index contributed by atoms with van der Waals surface area (Å²) in [6.45, 7) is 8.10. The average molecular weight is 315 g/mol. The summed E-state index contributed by atoms with van der Waals surface area (Å²) in [6, 6.07) is 0. The van der Waals surface area contributed by atoms with Gasteiger partial charge >= 0.3 is 10.0 Å². The lowest BCUT2D eigenvalue weighted by atomic mass is 9.73. The summed E-state index contributed by atoms with van der Waals surface area (Å²) >= 11 is 0. The fourth-order valence-electron chi connectivity index (χ4n) is 3.52. The van der Waals surface area contributed by atoms with Gasteiger partial charge in [0.2, 0.25) is 0 Å². The Hall–Kier alpha value is 0.137. The Morgan fingerprint density at radius 3 is 1.24 bits per heavy atom. The molecule has 0 spiro atoms. The van der Waals surface area contributed by atoms with Gasteiger partial charge in [0, 0.05) is 12.2 Å². The van der Waals surface area contributed by atoms with Gasteiger partial charge in [0.05, 0.1) is 0 Å². The van der Waals surface area contributed by atoms with Gasteiger partial charge in [0.15, 0.2) is 0 Å². The second-order valence-corrected chi connectivity index (χ2v) is 8.25. The van der Waals surface area contributed by atoms with Gasteiger partial charge < -0.3 is 8.85 Å². The molecule has 0 amide bonds. The molecule has 0 aliphatic heterocycles. The van der Waals surface area contributed by atoms with Crippen LogP contribution < -0.4 is 0 Å². The van der Waals surface area contributed by atoms with Crippen LogP contribution in [0.25, 0.3) is 0 Å². The standard InChI is InChI=1S/C12H22.C6H16O2Si/c1-3-7-11(8-4-1)12-9-5-2-6-10-12;1-5(2)7-9-8-6(3)4/h11-12H,1-10H2;5-6H,9H2,1-4H3. The van der Waals surface area contributed by atoms with E-state index < -0.39 is 10.0 Å². The van der Waals surface area contributed by atoms with Crippen LogP contribution in [0.2, 0.25) is 0 Å². The number of hydrogen-bond acceptors (Lipinski definition) is 2. The van der Waals surface area contributed by atoms with Gasteiger partial charge in [-0.25, -0.2) is 0 Å². The van der Waals surface area contributed by atoms with Crippen molar-refractivity contribution in [1.82, 2.24) is 0 Å². The molecule has 2 aliphatic carbocycles. The highest BCUT2D eigenvalue weighted by molar-refractivity contribution is 6.18. The third-order valence-corrected chi connectivity index (χ3v) is 6.37. The van der Waals surface area contributed by atoms with Gasteiger partial charge in [-0.15, -0.1) is 0 Å². The molecule has 0 bridgehead atoms. The van der Waals surface area contributed by atoms with E-state index in [0.29, 0.717) is 12.2 Å². The summed E-state index contributed by atoms with van der Waals surface area (Å²) in [5, 5.41) is 0. The van der Waals surface area contributed by atoms with E-state index in [0.717, 1.165) is 11.8 Å². The fraction of sp³-hybridized carbons (Fsp3) is 1.00. The first-order valence-corrected chi connectivity index (χ1v) is 10.5. The fourth-order valence-corrected chi connectivity index (χ4v) is 4.15. The molecule has 0 aromatic heterocycles. The smallest absolute Gasteiger partial charge is 0.304 e. The third-order valence-electron chi connectivity index (χ3n) is 4.77. The molecule has 2 saturated carbocycles. The van der Waals surface area contributed by atoms with Crippen LogP contribution in [0.1, 0.15) is 91.9 Å². The van der Waals surface area contributed by atoms with Crippen LogP contribution in [0.5, 0.6) is 0 Å². The van der Waals surface area contributed by atoms with Crippen molar-refractivity contribution in [3.63, 3.8) is 0 Å². The van der Waals surface area contributed by atoms with Crippen LogP contribution in [0, 0.1) is 11.8 Å². The second-order valence-electron chi connectivity index (χ2n) is 7.34. The monoisotopic (exact) mass is 314 g/mol. The summed E-state index contributed by atoms with van der Waals surface area (Å²) in [6.07, 6.45) is 16.0. The normalized spacial score (nSPS) is 21.4. The Morgan fingerprint density at radius 2 is 0.952 bits per heavy atom. The second kappa shape index (κ2) is 11.7.